The third-order valence-electron chi connectivity index (χ3n) is 6.05. The van der Waals surface area contributed by atoms with Gasteiger partial charge in [-0.05, 0) is 63.8 Å². The number of anilines is 1. The van der Waals surface area contributed by atoms with E-state index in [4.69, 9.17) is 0 Å². The summed E-state index contributed by atoms with van der Waals surface area (Å²) >= 11 is 0. The van der Waals surface area contributed by atoms with Gasteiger partial charge < -0.3 is 9.88 Å². The highest BCUT2D eigenvalue weighted by Gasteiger charge is 2.34. The first-order valence-corrected chi connectivity index (χ1v) is 12.4. The van der Waals surface area contributed by atoms with Crippen molar-refractivity contribution < 1.29 is 13.2 Å². The van der Waals surface area contributed by atoms with Crippen LogP contribution in [0.15, 0.2) is 35.5 Å². The zero-order valence-electron chi connectivity index (χ0n) is 19.7. The number of imidazole rings is 1. The van der Waals surface area contributed by atoms with Gasteiger partial charge in [-0.1, -0.05) is 6.07 Å². The fourth-order valence-electron chi connectivity index (χ4n) is 4.23. The van der Waals surface area contributed by atoms with E-state index in [1.807, 2.05) is 39.0 Å². The average molecular weight is 471 g/mol. The molecule has 33 heavy (non-hydrogen) atoms. The van der Waals surface area contributed by atoms with Crippen LogP contribution in [0.5, 0.6) is 0 Å². The highest BCUT2D eigenvalue weighted by atomic mass is 32.2. The fraction of sp³-hybridized carbons (Fsp3) is 0.435. The van der Waals surface area contributed by atoms with Gasteiger partial charge in [0.05, 0.1) is 11.4 Å². The zero-order chi connectivity index (χ0) is 23.9. The van der Waals surface area contributed by atoms with E-state index < -0.39 is 10.0 Å². The second kappa shape index (κ2) is 8.75. The van der Waals surface area contributed by atoms with Crippen LogP contribution >= 0.6 is 0 Å². The molecule has 176 valence electrons. The molecular formula is C23H30N6O3S. The minimum Gasteiger partial charge on any atom is -0.337 e. The minimum atomic E-state index is -3.66. The van der Waals surface area contributed by atoms with E-state index in [2.05, 4.69) is 21.5 Å². The van der Waals surface area contributed by atoms with Crippen LogP contribution in [0.3, 0.4) is 0 Å². The van der Waals surface area contributed by atoms with Crippen molar-refractivity contribution in [1.29, 1.82) is 0 Å². The summed E-state index contributed by atoms with van der Waals surface area (Å²) in [5.74, 6) is 0.858. The third kappa shape index (κ3) is 4.72. The number of carbonyl (C=O) groups excluding carboxylic acids is 1. The number of amides is 1. The van der Waals surface area contributed by atoms with Crippen molar-refractivity contribution in [1.82, 2.24) is 23.6 Å². The Kier molecular flexibility index (Phi) is 6.15. The largest absolute Gasteiger partial charge is 0.337 e. The number of sulfonamides is 1. The van der Waals surface area contributed by atoms with Gasteiger partial charge in [0, 0.05) is 38.3 Å². The number of nitrogens with one attached hydrogen (secondary N) is 1. The maximum absolute atomic E-state index is 13.0. The summed E-state index contributed by atoms with van der Waals surface area (Å²) < 4.78 is 30.7. The Labute approximate surface area is 194 Å². The molecule has 0 radical (unpaired) electrons. The van der Waals surface area contributed by atoms with Crippen LogP contribution in [0, 0.1) is 33.6 Å². The Hall–Kier alpha value is -2.98. The van der Waals surface area contributed by atoms with E-state index in [0.717, 1.165) is 22.5 Å². The summed E-state index contributed by atoms with van der Waals surface area (Å²) in [6, 6.07) is 7.99. The number of rotatable bonds is 5. The quantitative estimate of drug-likeness (QED) is 0.618. The molecule has 1 N–H and O–H groups in total. The molecule has 0 saturated carbocycles. The number of piperidine rings is 1. The molecule has 0 spiro atoms. The smallest absolute Gasteiger partial charge is 0.262 e. The van der Waals surface area contributed by atoms with Gasteiger partial charge in [0.1, 0.15) is 11.6 Å². The minimum absolute atomic E-state index is 0.0539. The number of aromatic nitrogens is 4. The lowest BCUT2D eigenvalue weighted by Gasteiger charge is -2.29. The highest BCUT2D eigenvalue weighted by molar-refractivity contribution is 7.89. The SMILES string of the molecule is Cc1cc(C)cc(-n2nc(C)cc2NC(=O)C2CCN(S(=O)(=O)c3cn(C)c(C)n3)CC2)c1. The molecule has 3 aromatic rings. The number of benzene rings is 1. The molecule has 9 nitrogen and oxygen atoms in total. The second-order valence-electron chi connectivity index (χ2n) is 8.83. The predicted molar refractivity (Wildman–Crippen MR) is 126 cm³/mol. The molecule has 0 unspecified atom stereocenters. The highest BCUT2D eigenvalue weighted by Crippen LogP contribution is 2.26. The summed E-state index contributed by atoms with van der Waals surface area (Å²) in [4.78, 5) is 17.2. The first kappa shape index (κ1) is 23.2. The summed E-state index contributed by atoms with van der Waals surface area (Å²) in [6.45, 7) is 8.27. The van der Waals surface area contributed by atoms with E-state index in [9.17, 15) is 13.2 Å². The molecule has 0 atom stereocenters. The Balaban J connectivity index is 1.45. The fourth-order valence-corrected chi connectivity index (χ4v) is 5.72. The van der Waals surface area contributed by atoms with Gasteiger partial charge in [-0.25, -0.2) is 18.1 Å². The van der Waals surface area contributed by atoms with E-state index in [1.165, 1.54) is 10.5 Å². The zero-order valence-corrected chi connectivity index (χ0v) is 20.5. The van der Waals surface area contributed by atoms with Crippen molar-refractivity contribution in [3.05, 3.63) is 53.1 Å². The number of hydrogen-bond donors (Lipinski definition) is 1. The molecule has 1 amide bonds. The maximum Gasteiger partial charge on any atom is 0.262 e. The van der Waals surface area contributed by atoms with Crippen molar-refractivity contribution >= 4 is 21.7 Å². The number of nitrogens with zero attached hydrogens (tertiary/aromatic N) is 5. The second-order valence-corrected chi connectivity index (χ2v) is 10.7. The molecular weight excluding hydrogens is 440 g/mol. The molecule has 1 aliphatic rings. The molecule has 10 heteroatoms. The molecule has 0 aliphatic carbocycles. The van der Waals surface area contributed by atoms with Gasteiger partial charge in [-0.15, -0.1) is 0 Å². The van der Waals surface area contributed by atoms with E-state index in [0.29, 0.717) is 24.5 Å². The summed E-state index contributed by atoms with van der Waals surface area (Å²) in [7, 11) is -1.90. The van der Waals surface area contributed by atoms with Gasteiger partial charge in [0.25, 0.3) is 10.0 Å². The van der Waals surface area contributed by atoms with Gasteiger partial charge in [-0.2, -0.15) is 9.40 Å². The lowest BCUT2D eigenvalue weighted by Crippen LogP contribution is -2.41. The predicted octanol–water partition coefficient (Wildman–Crippen LogP) is 2.88. The standard InChI is InChI=1S/C23H30N6O3S/c1-15-10-16(2)12-20(11-15)29-21(13-17(3)26-29)25-23(30)19-6-8-28(9-7-19)33(31,32)22-14-27(5)18(4)24-22/h10-14,19H,6-9H2,1-5H3,(H,25,30). The molecule has 4 rings (SSSR count). The van der Waals surface area contributed by atoms with Gasteiger partial charge in [-0.3, -0.25) is 4.79 Å². The Morgan fingerprint density at radius 1 is 1.03 bits per heavy atom. The first-order chi connectivity index (χ1) is 15.5. The normalized spacial score (nSPS) is 15.7. The lowest BCUT2D eigenvalue weighted by molar-refractivity contribution is -0.120. The van der Waals surface area contributed by atoms with Crippen LogP contribution in [0.4, 0.5) is 5.82 Å². The van der Waals surface area contributed by atoms with Gasteiger partial charge in [0.2, 0.25) is 5.91 Å². The lowest BCUT2D eigenvalue weighted by atomic mass is 9.97. The molecule has 1 aliphatic heterocycles. The van der Waals surface area contributed by atoms with E-state index in [1.54, 1.807) is 23.2 Å². The molecule has 0 bridgehead atoms. The topological polar surface area (TPSA) is 102 Å². The number of carbonyl (C=O) groups is 1. The summed E-state index contributed by atoms with van der Waals surface area (Å²) in [5.41, 5.74) is 3.93. The average Bonchev–Trinajstić information content (AvgIpc) is 3.29. The van der Waals surface area contributed by atoms with Crippen molar-refractivity contribution in [2.75, 3.05) is 18.4 Å². The van der Waals surface area contributed by atoms with Crippen LogP contribution < -0.4 is 5.32 Å². The Morgan fingerprint density at radius 2 is 1.67 bits per heavy atom. The summed E-state index contributed by atoms with van der Waals surface area (Å²) in [5, 5.41) is 7.62. The van der Waals surface area contributed by atoms with Crippen LogP contribution in [-0.2, 0) is 21.9 Å². The van der Waals surface area contributed by atoms with Crippen LogP contribution in [0.2, 0.25) is 0 Å². The monoisotopic (exact) mass is 470 g/mol. The van der Waals surface area contributed by atoms with Crippen LogP contribution in [0.25, 0.3) is 5.69 Å². The van der Waals surface area contributed by atoms with Crippen molar-refractivity contribution in [2.24, 2.45) is 13.0 Å². The molecule has 1 saturated heterocycles. The van der Waals surface area contributed by atoms with Crippen molar-refractivity contribution in [3.8, 4) is 5.69 Å². The van der Waals surface area contributed by atoms with E-state index >= 15 is 0 Å². The van der Waals surface area contributed by atoms with Crippen molar-refractivity contribution in [2.45, 2.75) is 45.6 Å². The summed E-state index contributed by atoms with van der Waals surface area (Å²) in [6.07, 6.45) is 2.43. The number of hydrogen-bond acceptors (Lipinski definition) is 5. The van der Waals surface area contributed by atoms with Crippen LogP contribution in [0.1, 0.15) is 35.5 Å². The molecule has 2 aromatic heterocycles. The van der Waals surface area contributed by atoms with E-state index in [-0.39, 0.29) is 29.9 Å². The third-order valence-corrected chi connectivity index (χ3v) is 7.82. The Bertz CT molecular complexity index is 1260. The van der Waals surface area contributed by atoms with Crippen LogP contribution in [-0.4, -0.2) is 51.1 Å². The molecule has 1 aromatic carbocycles. The Morgan fingerprint density at radius 3 is 2.24 bits per heavy atom. The molecule has 1 fully saturated rings. The van der Waals surface area contributed by atoms with Crippen molar-refractivity contribution in [3.63, 3.8) is 0 Å². The van der Waals surface area contributed by atoms with Gasteiger partial charge >= 0.3 is 0 Å². The van der Waals surface area contributed by atoms with Gasteiger partial charge in [0.15, 0.2) is 5.03 Å². The maximum atomic E-state index is 13.0. The molecule has 3 heterocycles. The first-order valence-electron chi connectivity index (χ1n) is 11.0. The number of aryl methyl sites for hydroxylation is 5.